The van der Waals surface area contributed by atoms with Crippen LogP contribution in [0.15, 0.2) is 60.7 Å². The fourth-order valence-electron chi connectivity index (χ4n) is 4.36. The Morgan fingerprint density at radius 2 is 1.72 bits per heavy atom. The molecule has 2 aliphatic heterocycles. The molecule has 0 aromatic heterocycles. The Kier molecular flexibility index (Phi) is 5.95. The summed E-state index contributed by atoms with van der Waals surface area (Å²) in [6.45, 7) is 1.91. The lowest BCUT2D eigenvalue weighted by Gasteiger charge is -2.47. The first-order chi connectivity index (χ1) is 14.2. The maximum atomic E-state index is 12.8. The summed E-state index contributed by atoms with van der Waals surface area (Å²) < 4.78 is 6.04. The van der Waals surface area contributed by atoms with E-state index in [1.165, 1.54) is 5.56 Å². The molecule has 2 amide bonds. The molecule has 4 rings (SSSR count). The van der Waals surface area contributed by atoms with Gasteiger partial charge in [0.25, 0.3) is 5.91 Å². The van der Waals surface area contributed by atoms with E-state index in [2.05, 4.69) is 12.1 Å². The number of carbonyl (C=O) groups excluding carboxylic acids is 2. The van der Waals surface area contributed by atoms with Crippen LogP contribution in [0.4, 0.5) is 5.69 Å². The Balaban J connectivity index is 1.36. The van der Waals surface area contributed by atoms with Gasteiger partial charge in [-0.2, -0.15) is 0 Å². The Morgan fingerprint density at radius 1 is 1.00 bits per heavy atom. The molecular weight excluding hydrogens is 364 g/mol. The quantitative estimate of drug-likeness (QED) is 0.783. The number of morpholine rings is 1. The summed E-state index contributed by atoms with van der Waals surface area (Å²) in [4.78, 5) is 29.0. The molecule has 2 heterocycles. The van der Waals surface area contributed by atoms with Crippen LogP contribution >= 0.6 is 0 Å². The summed E-state index contributed by atoms with van der Waals surface area (Å²) in [5.74, 6) is 0.167. The number of aryl methyl sites for hydroxylation is 1. The predicted molar refractivity (Wildman–Crippen MR) is 113 cm³/mol. The van der Waals surface area contributed by atoms with E-state index in [4.69, 9.17) is 4.74 Å². The predicted octanol–water partition coefficient (Wildman–Crippen LogP) is 3.43. The van der Waals surface area contributed by atoms with Crippen molar-refractivity contribution in [1.82, 2.24) is 4.90 Å². The minimum Gasteiger partial charge on any atom is -0.361 e. The van der Waals surface area contributed by atoms with Crippen molar-refractivity contribution in [3.05, 3.63) is 66.2 Å². The number of ether oxygens (including phenoxy) is 1. The van der Waals surface area contributed by atoms with Crippen molar-refractivity contribution in [1.29, 1.82) is 0 Å². The zero-order chi connectivity index (χ0) is 20.1. The van der Waals surface area contributed by atoms with Gasteiger partial charge in [0.15, 0.2) is 0 Å². The van der Waals surface area contributed by atoms with Crippen molar-refractivity contribution >= 4 is 17.5 Å². The molecule has 0 radical (unpaired) electrons. The topological polar surface area (TPSA) is 49.9 Å². The molecule has 1 atom stereocenters. The highest BCUT2D eigenvalue weighted by atomic mass is 16.5. The van der Waals surface area contributed by atoms with Crippen LogP contribution in [0, 0.1) is 0 Å². The molecule has 0 saturated carbocycles. The van der Waals surface area contributed by atoms with Gasteiger partial charge in [0, 0.05) is 18.7 Å². The van der Waals surface area contributed by atoms with Crippen LogP contribution in [0.5, 0.6) is 0 Å². The minimum atomic E-state index is -0.461. The molecule has 29 heavy (non-hydrogen) atoms. The average Bonchev–Trinajstić information content (AvgIpc) is 2.77. The summed E-state index contributed by atoms with van der Waals surface area (Å²) >= 11 is 0. The zero-order valence-corrected chi connectivity index (χ0v) is 16.8. The molecule has 5 nitrogen and oxygen atoms in total. The molecule has 0 aliphatic carbocycles. The van der Waals surface area contributed by atoms with Gasteiger partial charge in [0.1, 0.15) is 12.2 Å². The highest BCUT2D eigenvalue weighted by molar-refractivity contribution is 5.95. The van der Waals surface area contributed by atoms with Crippen LogP contribution < -0.4 is 4.90 Å². The van der Waals surface area contributed by atoms with Gasteiger partial charge < -0.3 is 14.5 Å². The molecule has 5 heteroatoms. The third kappa shape index (κ3) is 4.67. The van der Waals surface area contributed by atoms with E-state index in [9.17, 15) is 9.59 Å². The number of benzene rings is 2. The first-order valence-electron chi connectivity index (χ1n) is 10.5. The van der Waals surface area contributed by atoms with Gasteiger partial charge in [-0.1, -0.05) is 48.5 Å². The molecule has 2 aromatic rings. The molecule has 2 fully saturated rings. The van der Waals surface area contributed by atoms with Crippen LogP contribution in [-0.2, 0) is 20.7 Å². The Bertz CT molecular complexity index is 840. The SMILES string of the molecule is O=C(CCCc1ccccc1)N1CCCC2(C1)CN(c1ccccc1)C(=O)CO2. The van der Waals surface area contributed by atoms with E-state index in [0.717, 1.165) is 37.9 Å². The second-order valence-electron chi connectivity index (χ2n) is 8.05. The molecule has 152 valence electrons. The van der Waals surface area contributed by atoms with E-state index in [1.807, 2.05) is 58.3 Å². The minimum absolute atomic E-state index is 0.0202. The summed E-state index contributed by atoms with van der Waals surface area (Å²) in [5.41, 5.74) is 1.70. The number of hydrogen-bond acceptors (Lipinski definition) is 3. The Labute approximate surface area is 172 Å². The number of rotatable bonds is 5. The maximum absolute atomic E-state index is 12.8. The lowest BCUT2D eigenvalue weighted by molar-refractivity contribution is -0.153. The normalized spacial score (nSPS) is 22.1. The molecular formula is C24H28N2O3. The van der Waals surface area contributed by atoms with E-state index in [-0.39, 0.29) is 18.4 Å². The molecule has 2 aliphatic rings. The van der Waals surface area contributed by atoms with Gasteiger partial charge in [0.05, 0.1) is 13.1 Å². The number of carbonyl (C=O) groups is 2. The number of hydrogen-bond donors (Lipinski definition) is 0. The number of para-hydroxylation sites is 1. The van der Waals surface area contributed by atoms with Gasteiger partial charge in [-0.15, -0.1) is 0 Å². The summed E-state index contributed by atoms with van der Waals surface area (Å²) in [7, 11) is 0. The van der Waals surface area contributed by atoms with Crippen molar-refractivity contribution in [3.8, 4) is 0 Å². The number of nitrogens with zero attached hydrogens (tertiary/aromatic N) is 2. The lowest BCUT2D eigenvalue weighted by Crippen LogP contribution is -2.62. The van der Waals surface area contributed by atoms with Crippen molar-refractivity contribution < 1.29 is 14.3 Å². The number of piperidine rings is 1. The molecule has 0 N–H and O–H groups in total. The van der Waals surface area contributed by atoms with Gasteiger partial charge in [-0.25, -0.2) is 0 Å². The number of likely N-dealkylation sites (tertiary alicyclic amines) is 1. The fraction of sp³-hybridized carbons (Fsp3) is 0.417. The van der Waals surface area contributed by atoms with Crippen molar-refractivity contribution in [2.45, 2.75) is 37.7 Å². The van der Waals surface area contributed by atoms with Crippen LogP contribution in [0.3, 0.4) is 0 Å². The number of anilines is 1. The average molecular weight is 392 g/mol. The second-order valence-corrected chi connectivity index (χ2v) is 8.05. The molecule has 2 aromatic carbocycles. The highest BCUT2D eigenvalue weighted by Crippen LogP contribution is 2.32. The number of amides is 2. The van der Waals surface area contributed by atoms with Crippen LogP contribution in [-0.4, -0.2) is 48.6 Å². The molecule has 0 bridgehead atoms. The fourth-order valence-corrected chi connectivity index (χ4v) is 4.36. The zero-order valence-electron chi connectivity index (χ0n) is 16.8. The summed E-state index contributed by atoms with van der Waals surface area (Å²) in [5, 5.41) is 0. The van der Waals surface area contributed by atoms with Crippen molar-refractivity contribution in [3.63, 3.8) is 0 Å². The standard InChI is InChI=1S/C24H28N2O3/c27-22(14-7-11-20-9-3-1-4-10-20)25-16-8-15-24(18-25)19-26(23(28)17-29-24)21-12-5-2-6-13-21/h1-6,9-10,12-13H,7-8,11,14-19H2. The van der Waals surface area contributed by atoms with Crippen LogP contribution in [0.2, 0.25) is 0 Å². The summed E-state index contributed by atoms with van der Waals surface area (Å²) in [6, 6.07) is 20.0. The Morgan fingerprint density at radius 3 is 2.48 bits per heavy atom. The van der Waals surface area contributed by atoms with Crippen LogP contribution in [0.1, 0.15) is 31.2 Å². The second kappa shape index (κ2) is 8.78. The van der Waals surface area contributed by atoms with Crippen LogP contribution in [0.25, 0.3) is 0 Å². The van der Waals surface area contributed by atoms with E-state index in [0.29, 0.717) is 19.5 Å². The van der Waals surface area contributed by atoms with E-state index < -0.39 is 5.60 Å². The van der Waals surface area contributed by atoms with Gasteiger partial charge in [0.2, 0.25) is 5.91 Å². The Hall–Kier alpha value is -2.66. The largest absolute Gasteiger partial charge is 0.361 e. The monoisotopic (exact) mass is 392 g/mol. The highest BCUT2D eigenvalue weighted by Gasteiger charge is 2.44. The van der Waals surface area contributed by atoms with Crippen molar-refractivity contribution in [2.75, 3.05) is 31.1 Å². The lowest BCUT2D eigenvalue weighted by atomic mass is 9.90. The summed E-state index contributed by atoms with van der Waals surface area (Å²) in [6.07, 6.45) is 4.09. The molecule has 2 saturated heterocycles. The molecule has 1 spiro atoms. The first-order valence-corrected chi connectivity index (χ1v) is 10.5. The third-order valence-electron chi connectivity index (χ3n) is 5.91. The first kappa shape index (κ1) is 19.6. The molecule has 1 unspecified atom stereocenters. The smallest absolute Gasteiger partial charge is 0.253 e. The van der Waals surface area contributed by atoms with E-state index in [1.54, 1.807) is 0 Å². The van der Waals surface area contributed by atoms with Gasteiger partial charge in [-0.05, 0) is 43.4 Å². The maximum Gasteiger partial charge on any atom is 0.253 e. The van der Waals surface area contributed by atoms with Gasteiger partial charge in [-0.3, -0.25) is 9.59 Å². The van der Waals surface area contributed by atoms with Crippen molar-refractivity contribution in [2.24, 2.45) is 0 Å². The third-order valence-corrected chi connectivity index (χ3v) is 5.91. The van der Waals surface area contributed by atoms with Gasteiger partial charge >= 0.3 is 0 Å². The van der Waals surface area contributed by atoms with E-state index >= 15 is 0 Å².